The molecule has 5 heteroatoms. The Morgan fingerprint density at radius 3 is 2.00 bits per heavy atom. The Balaban J connectivity index is 1.43. The third kappa shape index (κ3) is 3.37. The number of nitrogens with zero attached hydrogens (tertiary/aromatic N) is 3. The maximum absolute atomic E-state index is 15.4. The van der Waals surface area contributed by atoms with Crippen molar-refractivity contribution in [1.82, 2.24) is 9.80 Å². The summed E-state index contributed by atoms with van der Waals surface area (Å²) in [6.45, 7) is 5.32. The minimum atomic E-state index is -0.808. The summed E-state index contributed by atoms with van der Waals surface area (Å²) in [5.74, 6) is 0.0790. The first kappa shape index (κ1) is 23.4. The molecule has 3 aromatic rings. The van der Waals surface area contributed by atoms with Crippen LogP contribution in [0.2, 0.25) is 0 Å². The maximum atomic E-state index is 15.4. The highest BCUT2D eigenvalue weighted by Crippen LogP contribution is 2.62. The molecule has 3 heterocycles. The quantitative estimate of drug-likeness (QED) is 0.482. The Labute approximate surface area is 219 Å². The van der Waals surface area contributed by atoms with E-state index < -0.39 is 11.9 Å². The molecule has 1 aliphatic carbocycles. The van der Waals surface area contributed by atoms with Crippen LogP contribution >= 0.6 is 0 Å². The maximum Gasteiger partial charge on any atom is 0.164 e. The van der Waals surface area contributed by atoms with Gasteiger partial charge in [-0.2, -0.15) is 0 Å². The van der Waals surface area contributed by atoms with E-state index in [0.717, 1.165) is 49.2 Å². The Morgan fingerprint density at radius 1 is 0.865 bits per heavy atom. The van der Waals surface area contributed by atoms with Gasteiger partial charge in [-0.25, -0.2) is 4.39 Å². The molecular weight excluding hydrogens is 461 g/mol. The van der Waals surface area contributed by atoms with Gasteiger partial charge in [0.2, 0.25) is 0 Å². The molecule has 37 heavy (non-hydrogen) atoms. The van der Waals surface area contributed by atoms with Crippen LogP contribution in [0.15, 0.2) is 72.8 Å². The second-order valence-corrected chi connectivity index (χ2v) is 11.7. The number of aliphatic hydroxyl groups is 1. The topological polar surface area (TPSA) is 30.0 Å². The molecule has 1 N–H and O–H groups in total. The van der Waals surface area contributed by atoms with Gasteiger partial charge in [-0.05, 0) is 54.0 Å². The van der Waals surface area contributed by atoms with Crippen molar-refractivity contribution < 1.29 is 9.50 Å². The molecule has 2 fully saturated rings. The number of benzene rings is 3. The zero-order valence-electron chi connectivity index (χ0n) is 21.6. The van der Waals surface area contributed by atoms with Gasteiger partial charge in [-0.3, -0.25) is 9.80 Å². The number of rotatable bonds is 4. The summed E-state index contributed by atoms with van der Waals surface area (Å²) in [5.41, 5.74) is 4.69. The van der Waals surface area contributed by atoms with Crippen molar-refractivity contribution in [3.05, 3.63) is 101 Å². The summed E-state index contributed by atoms with van der Waals surface area (Å²) >= 11 is 0. The molecule has 0 amide bonds. The van der Waals surface area contributed by atoms with Gasteiger partial charge in [-0.1, -0.05) is 80.4 Å². The van der Waals surface area contributed by atoms with E-state index in [4.69, 9.17) is 0 Å². The lowest BCUT2D eigenvalue weighted by atomic mass is 9.77. The molecule has 4 nitrogen and oxygen atoms in total. The van der Waals surface area contributed by atoms with E-state index in [1.807, 2.05) is 12.1 Å². The lowest BCUT2D eigenvalue weighted by Crippen LogP contribution is -2.63. The highest BCUT2D eigenvalue weighted by Gasteiger charge is 2.65. The Kier molecular flexibility index (Phi) is 5.47. The van der Waals surface area contributed by atoms with Crippen molar-refractivity contribution >= 4 is 5.69 Å². The van der Waals surface area contributed by atoms with Crippen molar-refractivity contribution in [3.63, 3.8) is 0 Å². The number of hydrogen-bond acceptors (Lipinski definition) is 4. The third-order valence-electron chi connectivity index (χ3n) is 9.65. The van der Waals surface area contributed by atoms with Crippen molar-refractivity contribution in [2.45, 2.75) is 75.5 Å². The molecule has 0 aromatic heterocycles. The van der Waals surface area contributed by atoms with Gasteiger partial charge < -0.3 is 10.0 Å². The molecule has 3 aromatic carbocycles. The molecule has 7 rings (SSSR count). The fourth-order valence-electron chi connectivity index (χ4n) is 8.20. The monoisotopic (exact) mass is 497 g/mol. The first-order chi connectivity index (χ1) is 18.0. The highest BCUT2D eigenvalue weighted by molar-refractivity contribution is 5.72. The van der Waals surface area contributed by atoms with E-state index >= 15 is 4.39 Å². The summed E-state index contributed by atoms with van der Waals surface area (Å²) in [7, 11) is 0. The average Bonchev–Trinajstić information content (AvgIpc) is 3.57. The van der Waals surface area contributed by atoms with Crippen molar-refractivity contribution in [2.24, 2.45) is 0 Å². The SMILES string of the molecule is C[C@@H]1CC2(CCCC2)N2c3c1cc(F)cc3C1([C@H]2O)N(Cc2ccccc2)CCN1Cc1ccccc1. The van der Waals surface area contributed by atoms with Gasteiger partial charge in [-0.15, -0.1) is 0 Å². The molecule has 4 aliphatic rings. The molecule has 2 spiro atoms. The number of anilines is 1. The van der Waals surface area contributed by atoms with E-state index in [0.29, 0.717) is 13.1 Å². The number of halogens is 1. The molecule has 1 saturated carbocycles. The van der Waals surface area contributed by atoms with Crippen LogP contribution in [0.4, 0.5) is 10.1 Å². The smallest absolute Gasteiger partial charge is 0.164 e. The van der Waals surface area contributed by atoms with E-state index in [2.05, 4.69) is 70.2 Å². The Bertz CT molecular complexity index is 1240. The second-order valence-electron chi connectivity index (χ2n) is 11.7. The van der Waals surface area contributed by atoms with Gasteiger partial charge in [0.25, 0.3) is 0 Å². The molecule has 0 unspecified atom stereocenters. The van der Waals surface area contributed by atoms with Crippen molar-refractivity contribution in [3.8, 4) is 0 Å². The van der Waals surface area contributed by atoms with Crippen molar-refractivity contribution in [2.75, 3.05) is 18.0 Å². The van der Waals surface area contributed by atoms with E-state index in [1.165, 1.54) is 24.0 Å². The number of aliphatic hydroxyl groups excluding tert-OH is 1. The van der Waals surface area contributed by atoms with Gasteiger partial charge >= 0.3 is 0 Å². The number of hydrogen-bond donors (Lipinski definition) is 1. The predicted molar refractivity (Wildman–Crippen MR) is 144 cm³/mol. The van der Waals surface area contributed by atoms with E-state index in [9.17, 15) is 5.11 Å². The van der Waals surface area contributed by atoms with Gasteiger partial charge in [0, 0.05) is 43.0 Å². The zero-order chi connectivity index (χ0) is 25.2. The predicted octanol–water partition coefficient (Wildman–Crippen LogP) is 5.95. The van der Waals surface area contributed by atoms with Gasteiger partial charge in [0.1, 0.15) is 11.5 Å². The fraction of sp³-hybridized carbons (Fsp3) is 0.438. The average molecular weight is 498 g/mol. The molecule has 3 aliphatic heterocycles. The zero-order valence-corrected chi connectivity index (χ0v) is 21.6. The van der Waals surface area contributed by atoms with Crippen LogP contribution in [0.25, 0.3) is 0 Å². The molecule has 0 radical (unpaired) electrons. The van der Waals surface area contributed by atoms with Crippen LogP contribution in [0, 0.1) is 5.82 Å². The molecule has 1 saturated heterocycles. The lowest BCUT2D eigenvalue weighted by Gasteiger charge is -2.51. The van der Waals surface area contributed by atoms with Crippen LogP contribution in [0.3, 0.4) is 0 Å². The van der Waals surface area contributed by atoms with Crippen LogP contribution in [0.5, 0.6) is 0 Å². The standard InChI is InChI=1S/C32H36FN3O/c1-23-20-31(14-8-9-15-31)36-29-27(23)18-26(33)19-28(29)32(30(36)37)34(21-24-10-4-2-5-11-24)16-17-35(32)22-25-12-6-3-7-13-25/h2-7,10-13,18-19,23,30,37H,8-9,14-17,20-22H2,1H3/t23-,30-/m1/s1. The van der Waals surface area contributed by atoms with Crippen molar-refractivity contribution in [1.29, 1.82) is 0 Å². The highest BCUT2D eigenvalue weighted by atomic mass is 19.1. The van der Waals surface area contributed by atoms with Gasteiger partial charge in [0.05, 0.1) is 0 Å². The van der Waals surface area contributed by atoms with Crippen LogP contribution in [-0.4, -0.2) is 39.8 Å². The summed E-state index contributed by atoms with van der Waals surface area (Å²) in [6.07, 6.45) is 4.79. The minimum absolute atomic E-state index is 0.0542. The van der Waals surface area contributed by atoms with Crippen LogP contribution in [0.1, 0.15) is 67.2 Å². The molecule has 2 atom stereocenters. The van der Waals surface area contributed by atoms with Crippen LogP contribution in [-0.2, 0) is 18.8 Å². The lowest BCUT2D eigenvalue weighted by molar-refractivity contribution is -0.0992. The minimum Gasteiger partial charge on any atom is -0.370 e. The van der Waals surface area contributed by atoms with E-state index in [1.54, 1.807) is 12.1 Å². The Morgan fingerprint density at radius 2 is 1.43 bits per heavy atom. The normalized spacial score (nSPS) is 25.9. The third-order valence-corrected chi connectivity index (χ3v) is 9.65. The van der Waals surface area contributed by atoms with Crippen LogP contribution < -0.4 is 4.90 Å². The van der Waals surface area contributed by atoms with Gasteiger partial charge in [0.15, 0.2) is 6.23 Å². The fourth-order valence-corrected chi connectivity index (χ4v) is 8.20. The largest absolute Gasteiger partial charge is 0.370 e. The summed E-state index contributed by atoms with van der Waals surface area (Å²) < 4.78 is 15.4. The first-order valence-corrected chi connectivity index (χ1v) is 13.9. The molecular formula is C32H36FN3O. The summed E-state index contributed by atoms with van der Waals surface area (Å²) in [6, 6.07) is 24.5. The second kappa shape index (κ2) is 8.65. The summed E-state index contributed by atoms with van der Waals surface area (Å²) in [5, 5.41) is 12.6. The van der Waals surface area contributed by atoms with E-state index in [-0.39, 0.29) is 17.3 Å². The number of fused-ring (bicyclic) bond motifs is 2. The molecule has 192 valence electrons. The first-order valence-electron chi connectivity index (χ1n) is 13.9. The summed E-state index contributed by atoms with van der Waals surface area (Å²) in [4.78, 5) is 7.22. The molecule has 0 bridgehead atoms. The Hall–Kier alpha value is -2.73.